The Bertz CT molecular complexity index is 559. The summed E-state index contributed by atoms with van der Waals surface area (Å²) in [4.78, 5) is 11.2. The van der Waals surface area contributed by atoms with Crippen LogP contribution in [0.15, 0.2) is 28.7 Å². The van der Waals surface area contributed by atoms with Gasteiger partial charge in [-0.2, -0.15) is 0 Å². The Morgan fingerprint density at radius 3 is 2.89 bits per heavy atom. The molecule has 0 aliphatic rings. The number of hydrogen-bond donors (Lipinski definition) is 1. The smallest absolute Gasteiger partial charge is 0.194 e. The van der Waals surface area contributed by atoms with Crippen LogP contribution in [0.5, 0.6) is 5.75 Å². The summed E-state index contributed by atoms with van der Waals surface area (Å²) in [6, 6.07) is 7.34. The van der Waals surface area contributed by atoms with Crippen molar-refractivity contribution < 1.29 is 13.9 Å². The minimum Gasteiger partial charge on any atom is -0.489 e. The fourth-order valence-electron chi connectivity index (χ4n) is 1.82. The van der Waals surface area contributed by atoms with Crippen LogP contribution in [0.2, 0.25) is 0 Å². The minimum atomic E-state index is -0.0720. The summed E-state index contributed by atoms with van der Waals surface area (Å²) in [5, 5.41) is 3.96. The standard InChI is InChI=1S/C14H17NO3/c1-9(8-15-3)17-12-5-4-11-6-13(10(2)16)18-14(11)7-12/h4-7,9,15H,8H2,1-3H3/t9-/m1/s1. The van der Waals surface area contributed by atoms with Crippen LogP contribution < -0.4 is 10.1 Å². The average molecular weight is 247 g/mol. The van der Waals surface area contributed by atoms with Crippen molar-refractivity contribution in [3.05, 3.63) is 30.0 Å². The van der Waals surface area contributed by atoms with Gasteiger partial charge < -0.3 is 14.5 Å². The molecule has 2 rings (SSSR count). The minimum absolute atomic E-state index is 0.0720. The van der Waals surface area contributed by atoms with E-state index >= 15 is 0 Å². The van der Waals surface area contributed by atoms with Crippen LogP contribution in [0.25, 0.3) is 11.0 Å². The molecule has 0 aliphatic heterocycles. The van der Waals surface area contributed by atoms with Gasteiger partial charge in [-0.05, 0) is 32.2 Å². The number of ketones is 1. The largest absolute Gasteiger partial charge is 0.489 e. The van der Waals surface area contributed by atoms with E-state index in [-0.39, 0.29) is 11.9 Å². The van der Waals surface area contributed by atoms with Crippen molar-refractivity contribution in [2.45, 2.75) is 20.0 Å². The fraction of sp³-hybridized carbons (Fsp3) is 0.357. The van der Waals surface area contributed by atoms with Crippen molar-refractivity contribution in [1.29, 1.82) is 0 Å². The molecule has 0 spiro atoms. The van der Waals surface area contributed by atoms with Crippen LogP contribution in [0.4, 0.5) is 0 Å². The summed E-state index contributed by atoms with van der Waals surface area (Å²) in [7, 11) is 1.88. The van der Waals surface area contributed by atoms with Gasteiger partial charge in [0.25, 0.3) is 0 Å². The first-order chi connectivity index (χ1) is 8.60. The normalized spacial score (nSPS) is 12.6. The predicted molar refractivity (Wildman–Crippen MR) is 70.2 cm³/mol. The molecule has 96 valence electrons. The van der Waals surface area contributed by atoms with Crippen LogP contribution in [-0.2, 0) is 0 Å². The van der Waals surface area contributed by atoms with E-state index in [4.69, 9.17) is 9.15 Å². The van der Waals surface area contributed by atoms with Crippen molar-refractivity contribution in [1.82, 2.24) is 5.32 Å². The van der Waals surface area contributed by atoms with Gasteiger partial charge in [0.2, 0.25) is 0 Å². The van der Waals surface area contributed by atoms with E-state index in [1.807, 2.05) is 32.2 Å². The Kier molecular flexibility index (Phi) is 3.67. The molecule has 1 aromatic heterocycles. The van der Waals surface area contributed by atoms with Crippen LogP contribution >= 0.6 is 0 Å². The summed E-state index contributed by atoms with van der Waals surface area (Å²) in [6.07, 6.45) is 0.0784. The van der Waals surface area contributed by atoms with Gasteiger partial charge in [0.1, 0.15) is 17.4 Å². The molecule has 0 amide bonds. The van der Waals surface area contributed by atoms with Crippen LogP contribution in [0.1, 0.15) is 24.4 Å². The third kappa shape index (κ3) is 2.71. The predicted octanol–water partition coefficient (Wildman–Crippen LogP) is 2.62. The molecule has 1 N–H and O–H groups in total. The summed E-state index contributed by atoms with van der Waals surface area (Å²) >= 11 is 0. The number of likely N-dealkylation sites (N-methyl/N-ethyl adjacent to an activating group) is 1. The molecule has 4 heteroatoms. The highest BCUT2D eigenvalue weighted by Crippen LogP contribution is 2.25. The molecule has 0 aliphatic carbocycles. The van der Waals surface area contributed by atoms with Crippen molar-refractivity contribution in [2.24, 2.45) is 0 Å². The lowest BCUT2D eigenvalue weighted by Crippen LogP contribution is -2.25. The number of rotatable bonds is 5. The maximum atomic E-state index is 11.2. The Morgan fingerprint density at radius 2 is 2.22 bits per heavy atom. The van der Waals surface area contributed by atoms with Crippen molar-refractivity contribution in [3.8, 4) is 5.75 Å². The Labute approximate surface area is 106 Å². The van der Waals surface area contributed by atoms with E-state index in [2.05, 4.69) is 5.32 Å². The molecule has 1 atom stereocenters. The number of carbonyl (C=O) groups excluding carboxylic acids is 1. The van der Waals surface area contributed by atoms with Crippen molar-refractivity contribution in [3.63, 3.8) is 0 Å². The van der Waals surface area contributed by atoms with Gasteiger partial charge in [0, 0.05) is 24.9 Å². The van der Waals surface area contributed by atoms with Gasteiger partial charge in [0.15, 0.2) is 11.5 Å². The number of carbonyl (C=O) groups is 1. The molecule has 2 aromatic rings. The molecule has 1 aromatic carbocycles. The van der Waals surface area contributed by atoms with Crippen LogP contribution in [0, 0.1) is 0 Å². The van der Waals surface area contributed by atoms with Crippen LogP contribution in [0.3, 0.4) is 0 Å². The van der Waals surface area contributed by atoms with E-state index in [1.165, 1.54) is 6.92 Å². The highest BCUT2D eigenvalue weighted by molar-refractivity contribution is 5.96. The van der Waals surface area contributed by atoms with Gasteiger partial charge in [-0.3, -0.25) is 4.79 Å². The van der Waals surface area contributed by atoms with E-state index in [0.29, 0.717) is 11.3 Å². The Morgan fingerprint density at radius 1 is 1.44 bits per heavy atom. The monoisotopic (exact) mass is 247 g/mol. The molecular weight excluding hydrogens is 230 g/mol. The zero-order chi connectivity index (χ0) is 13.1. The maximum absolute atomic E-state index is 11.2. The zero-order valence-corrected chi connectivity index (χ0v) is 10.8. The lowest BCUT2D eigenvalue weighted by molar-refractivity contribution is 0.0989. The molecule has 1 heterocycles. The third-order valence-corrected chi connectivity index (χ3v) is 2.67. The fourth-order valence-corrected chi connectivity index (χ4v) is 1.82. The topological polar surface area (TPSA) is 51.5 Å². The number of ether oxygens (including phenoxy) is 1. The van der Waals surface area contributed by atoms with Gasteiger partial charge >= 0.3 is 0 Å². The number of hydrogen-bond acceptors (Lipinski definition) is 4. The summed E-state index contributed by atoms with van der Waals surface area (Å²) < 4.78 is 11.2. The summed E-state index contributed by atoms with van der Waals surface area (Å²) in [5.41, 5.74) is 0.675. The molecule has 0 fully saturated rings. The molecular formula is C14H17NO3. The van der Waals surface area contributed by atoms with E-state index in [0.717, 1.165) is 17.7 Å². The molecule has 0 radical (unpaired) electrons. The quantitative estimate of drug-likeness (QED) is 0.825. The average Bonchev–Trinajstić information content (AvgIpc) is 2.72. The second-order valence-electron chi connectivity index (χ2n) is 4.35. The molecule has 0 saturated heterocycles. The number of Topliss-reactive ketones (excluding diaryl/α,β-unsaturated/α-hetero) is 1. The molecule has 0 unspecified atom stereocenters. The SMILES string of the molecule is CNC[C@@H](C)Oc1ccc2cc(C(C)=O)oc2c1. The van der Waals surface area contributed by atoms with Gasteiger partial charge in [-0.15, -0.1) is 0 Å². The summed E-state index contributed by atoms with van der Waals surface area (Å²) in [5.74, 6) is 1.05. The van der Waals surface area contributed by atoms with Gasteiger partial charge in [-0.1, -0.05) is 0 Å². The molecule has 0 bridgehead atoms. The maximum Gasteiger partial charge on any atom is 0.194 e. The van der Waals surface area contributed by atoms with E-state index < -0.39 is 0 Å². The molecule has 18 heavy (non-hydrogen) atoms. The second-order valence-corrected chi connectivity index (χ2v) is 4.35. The Balaban J connectivity index is 2.24. The third-order valence-electron chi connectivity index (χ3n) is 2.67. The van der Waals surface area contributed by atoms with Crippen molar-refractivity contribution in [2.75, 3.05) is 13.6 Å². The first-order valence-corrected chi connectivity index (χ1v) is 5.96. The molecule has 4 nitrogen and oxygen atoms in total. The lowest BCUT2D eigenvalue weighted by Gasteiger charge is -2.13. The number of benzene rings is 1. The lowest BCUT2D eigenvalue weighted by atomic mass is 10.2. The number of furan rings is 1. The highest BCUT2D eigenvalue weighted by Gasteiger charge is 2.09. The Hall–Kier alpha value is -1.81. The zero-order valence-electron chi connectivity index (χ0n) is 10.8. The number of nitrogens with one attached hydrogen (secondary N) is 1. The highest BCUT2D eigenvalue weighted by atomic mass is 16.5. The summed E-state index contributed by atoms with van der Waals surface area (Å²) in [6.45, 7) is 4.25. The first kappa shape index (κ1) is 12.6. The van der Waals surface area contributed by atoms with Crippen molar-refractivity contribution >= 4 is 16.8 Å². The van der Waals surface area contributed by atoms with Gasteiger partial charge in [-0.25, -0.2) is 0 Å². The molecule has 0 saturated carbocycles. The second kappa shape index (κ2) is 5.23. The van der Waals surface area contributed by atoms with E-state index in [1.54, 1.807) is 6.07 Å². The van der Waals surface area contributed by atoms with Gasteiger partial charge in [0.05, 0.1) is 0 Å². The van der Waals surface area contributed by atoms with E-state index in [9.17, 15) is 4.79 Å². The van der Waals surface area contributed by atoms with Crippen LogP contribution in [-0.4, -0.2) is 25.5 Å². The number of fused-ring (bicyclic) bond motifs is 1. The first-order valence-electron chi connectivity index (χ1n) is 5.96.